The van der Waals surface area contributed by atoms with Crippen LogP contribution >= 0.6 is 0 Å². The number of ether oxygens (including phenoxy) is 1. The minimum Gasteiger partial charge on any atom is -0.383 e. The summed E-state index contributed by atoms with van der Waals surface area (Å²) < 4.78 is 7.30. The molecular weight excluding hydrogens is 376 g/mol. The van der Waals surface area contributed by atoms with Crippen LogP contribution in [0.15, 0.2) is 24.3 Å². The molecular formula is C24H36N4O2. The Morgan fingerprint density at radius 3 is 2.50 bits per heavy atom. The van der Waals surface area contributed by atoms with E-state index in [0.717, 1.165) is 49.7 Å². The minimum atomic E-state index is -0.0289. The first kappa shape index (κ1) is 22.4. The topological polar surface area (TPSA) is 49.7 Å². The van der Waals surface area contributed by atoms with Crippen molar-refractivity contribution in [2.24, 2.45) is 0 Å². The number of rotatable bonds is 8. The number of nitrogens with zero attached hydrogens (tertiary/aromatic N) is 3. The molecule has 0 bridgehead atoms. The van der Waals surface area contributed by atoms with Crippen molar-refractivity contribution >= 4 is 11.6 Å². The van der Waals surface area contributed by atoms with Crippen molar-refractivity contribution in [3.8, 4) is 0 Å². The number of nitrogens with one attached hydrogen (secondary N) is 1. The van der Waals surface area contributed by atoms with E-state index in [1.807, 2.05) is 0 Å². The second kappa shape index (κ2) is 10.1. The van der Waals surface area contributed by atoms with Crippen LogP contribution in [0.4, 0.5) is 5.69 Å². The summed E-state index contributed by atoms with van der Waals surface area (Å²) in [7, 11) is 1.65. The number of hydrogen-bond donors (Lipinski definition) is 1. The van der Waals surface area contributed by atoms with Crippen molar-refractivity contribution < 1.29 is 9.53 Å². The van der Waals surface area contributed by atoms with Gasteiger partial charge >= 0.3 is 0 Å². The SMILES string of the molecule is CCN1CCN(c2c(C)c(C(=O)NCCOC)n(Cc3cccc(C)c3)c2C)CC1. The van der Waals surface area contributed by atoms with Crippen LogP contribution in [0.5, 0.6) is 0 Å². The third-order valence-electron chi connectivity index (χ3n) is 6.09. The fraction of sp³-hybridized carbons (Fsp3) is 0.542. The molecule has 0 atom stereocenters. The Balaban J connectivity index is 1.96. The number of piperazine rings is 1. The molecule has 2 heterocycles. The Morgan fingerprint density at radius 1 is 1.13 bits per heavy atom. The van der Waals surface area contributed by atoms with E-state index >= 15 is 0 Å². The average molecular weight is 413 g/mol. The molecule has 2 aromatic rings. The molecule has 0 aliphatic carbocycles. The number of hydrogen-bond acceptors (Lipinski definition) is 4. The zero-order chi connectivity index (χ0) is 21.7. The van der Waals surface area contributed by atoms with Gasteiger partial charge in [-0.25, -0.2) is 0 Å². The van der Waals surface area contributed by atoms with Gasteiger partial charge in [-0.3, -0.25) is 4.79 Å². The Bertz CT molecular complexity index is 866. The summed E-state index contributed by atoms with van der Waals surface area (Å²) in [6.07, 6.45) is 0. The molecule has 30 heavy (non-hydrogen) atoms. The van der Waals surface area contributed by atoms with E-state index in [-0.39, 0.29) is 5.91 Å². The molecule has 0 saturated carbocycles. The van der Waals surface area contributed by atoms with E-state index in [1.54, 1.807) is 7.11 Å². The number of aryl methyl sites for hydroxylation is 1. The van der Waals surface area contributed by atoms with Crippen LogP contribution in [-0.2, 0) is 11.3 Å². The number of carbonyl (C=O) groups is 1. The largest absolute Gasteiger partial charge is 0.383 e. The van der Waals surface area contributed by atoms with Crippen molar-refractivity contribution in [1.29, 1.82) is 0 Å². The van der Waals surface area contributed by atoms with Crippen LogP contribution in [0, 0.1) is 20.8 Å². The summed E-state index contributed by atoms with van der Waals surface area (Å²) in [5, 5.41) is 3.03. The lowest BCUT2D eigenvalue weighted by atomic mass is 10.1. The standard InChI is InChI=1S/C24H36N4O2/c1-6-26-11-13-27(14-12-26)22-19(3)23(24(29)25-10-15-30-5)28(20(22)4)17-21-9-7-8-18(2)16-21/h7-9,16H,6,10-15,17H2,1-5H3,(H,25,29). The van der Waals surface area contributed by atoms with E-state index in [2.05, 4.69) is 71.6 Å². The first-order chi connectivity index (χ1) is 14.5. The van der Waals surface area contributed by atoms with Crippen molar-refractivity contribution in [2.75, 3.05) is 57.9 Å². The molecule has 1 aromatic heterocycles. The van der Waals surface area contributed by atoms with Gasteiger partial charge in [0.2, 0.25) is 0 Å². The maximum absolute atomic E-state index is 13.2. The molecule has 0 spiro atoms. The molecule has 0 radical (unpaired) electrons. The monoisotopic (exact) mass is 412 g/mol. The highest BCUT2D eigenvalue weighted by atomic mass is 16.5. The number of anilines is 1. The molecule has 1 amide bonds. The van der Waals surface area contributed by atoms with E-state index in [4.69, 9.17) is 4.74 Å². The van der Waals surface area contributed by atoms with Crippen LogP contribution in [0.2, 0.25) is 0 Å². The first-order valence-corrected chi connectivity index (χ1v) is 11.0. The van der Waals surface area contributed by atoms with Gasteiger partial charge in [0.25, 0.3) is 5.91 Å². The van der Waals surface area contributed by atoms with Gasteiger partial charge in [-0.05, 0) is 32.9 Å². The summed E-state index contributed by atoms with van der Waals surface area (Å²) >= 11 is 0. The van der Waals surface area contributed by atoms with E-state index in [0.29, 0.717) is 19.7 Å². The smallest absolute Gasteiger partial charge is 0.268 e. The highest BCUT2D eigenvalue weighted by Crippen LogP contribution is 2.32. The molecule has 1 aromatic carbocycles. The zero-order valence-corrected chi connectivity index (χ0v) is 19.1. The van der Waals surface area contributed by atoms with Crippen molar-refractivity contribution in [1.82, 2.24) is 14.8 Å². The van der Waals surface area contributed by atoms with Crippen LogP contribution in [0.25, 0.3) is 0 Å². The lowest BCUT2D eigenvalue weighted by Gasteiger charge is -2.36. The number of amides is 1. The third-order valence-corrected chi connectivity index (χ3v) is 6.09. The first-order valence-electron chi connectivity index (χ1n) is 11.0. The van der Waals surface area contributed by atoms with Gasteiger partial charge in [0.1, 0.15) is 5.69 Å². The van der Waals surface area contributed by atoms with Gasteiger partial charge in [-0.15, -0.1) is 0 Å². The third kappa shape index (κ3) is 4.87. The molecule has 1 saturated heterocycles. The highest BCUT2D eigenvalue weighted by Gasteiger charge is 2.27. The molecule has 1 fully saturated rings. The zero-order valence-electron chi connectivity index (χ0n) is 19.1. The molecule has 1 aliphatic heterocycles. The molecule has 0 unspecified atom stereocenters. The van der Waals surface area contributed by atoms with Gasteiger partial charge in [0, 0.05) is 57.6 Å². The Kier molecular flexibility index (Phi) is 7.56. The second-order valence-corrected chi connectivity index (χ2v) is 8.15. The van der Waals surface area contributed by atoms with Crippen molar-refractivity contribution in [2.45, 2.75) is 34.2 Å². The van der Waals surface area contributed by atoms with Crippen LogP contribution < -0.4 is 10.2 Å². The highest BCUT2D eigenvalue weighted by molar-refractivity contribution is 5.96. The molecule has 6 nitrogen and oxygen atoms in total. The summed E-state index contributed by atoms with van der Waals surface area (Å²) in [4.78, 5) is 18.1. The maximum atomic E-state index is 13.2. The van der Waals surface area contributed by atoms with Crippen LogP contribution in [0.3, 0.4) is 0 Å². The van der Waals surface area contributed by atoms with E-state index in [9.17, 15) is 4.79 Å². The van der Waals surface area contributed by atoms with Crippen molar-refractivity contribution in [3.63, 3.8) is 0 Å². The predicted molar refractivity (Wildman–Crippen MR) is 123 cm³/mol. The van der Waals surface area contributed by atoms with Crippen molar-refractivity contribution in [3.05, 3.63) is 52.3 Å². The predicted octanol–water partition coefficient (Wildman–Crippen LogP) is 2.98. The summed E-state index contributed by atoms with van der Waals surface area (Å²) in [6, 6.07) is 8.52. The number of aromatic nitrogens is 1. The number of carbonyl (C=O) groups excluding carboxylic acids is 1. The normalized spacial score (nSPS) is 14.9. The second-order valence-electron chi connectivity index (χ2n) is 8.15. The van der Waals surface area contributed by atoms with E-state index < -0.39 is 0 Å². The van der Waals surface area contributed by atoms with Gasteiger partial charge in [-0.1, -0.05) is 36.8 Å². The molecule has 164 valence electrons. The number of methoxy groups -OCH3 is 1. The lowest BCUT2D eigenvalue weighted by Crippen LogP contribution is -2.46. The summed E-state index contributed by atoms with van der Waals surface area (Å²) in [6.45, 7) is 15.5. The number of benzene rings is 1. The Morgan fingerprint density at radius 2 is 1.87 bits per heavy atom. The molecule has 6 heteroatoms. The van der Waals surface area contributed by atoms with Crippen LogP contribution in [0.1, 0.15) is 39.8 Å². The van der Waals surface area contributed by atoms with Gasteiger partial charge < -0.3 is 24.4 Å². The van der Waals surface area contributed by atoms with Gasteiger partial charge in [-0.2, -0.15) is 0 Å². The van der Waals surface area contributed by atoms with Gasteiger partial charge in [0.15, 0.2) is 0 Å². The average Bonchev–Trinajstić information content (AvgIpc) is 2.98. The lowest BCUT2D eigenvalue weighted by molar-refractivity contribution is 0.0927. The minimum absolute atomic E-state index is 0.0289. The van der Waals surface area contributed by atoms with Gasteiger partial charge in [0.05, 0.1) is 12.3 Å². The van der Waals surface area contributed by atoms with Crippen LogP contribution in [-0.4, -0.2) is 68.4 Å². The fourth-order valence-electron chi connectivity index (χ4n) is 4.47. The summed E-state index contributed by atoms with van der Waals surface area (Å²) in [5.74, 6) is -0.0289. The fourth-order valence-corrected chi connectivity index (χ4v) is 4.47. The Labute approximate surface area is 180 Å². The Hall–Kier alpha value is -2.31. The quantitative estimate of drug-likeness (QED) is 0.678. The molecule has 3 rings (SSSR count). The number of likely N-dealkylation sites (N-methyl/N-ethyl adjacent to an activating group) is 1. The van der Waals surface area contributed by atoms with E-state index in [1.165, 1.54) is 16.8 Å². The molecule has 1 aliphatic rings. The summed E-state index contributed by atoms with van der Waals surface area (Å²) in [5.41, 5.74) is 6.65. The molecule has 1 N–H and O–H groups in total. The maximum Gasteiger partial charge on any atom is 0.268 e.